The fraction of sp³-hybridized carbons (Fsp3) is 0.294. The molecule has 1 amide bonds. The van der Waals surface area contributed by atoms with Gasteiger partial charge in [0.25, 0.3) is 5.91 Å². The number of aryl methyl sites for hydroxylation is 4. The van der Waals surface area contributed by atoms with E-state index in [2.05, 4.69) is 15.5 Å². The molecule has 0 bridgehead atoms. The molecule has 1 heterocycles. The van der Waals surface area contributed by atoms with E-state index in [1.807, 2.05) is 52.0 Å². The summed E-state index contributed by atoms with van der Waals surface area (Å²) in [5.74, 6) is 0.388. The van der Waals surface area contributed by atoms with Crippen molar-refractivity contribution in [3.8, 4) is 5.75 Å². The number of benzene rings is 1. The summed E-state index contributed by atoms with van der Waals surface area (Å²) in [6.07, 6.45) is 1.62. The number of aromatic amines is 1. The van der Waals surface area contributed by atoms with Crippen LogP contribution in [0.3, 0.4) is 0 Å². The normalized spacial score (nSPS) is 10.9. The molecule has 2 aromatic rings. The van der Waals surface area contributed by atoms with Crippen LogP contribution in [0.2, 0.25) is 0 Å². The summed E-state index contributed by atoms with van der Waals surface area (Å²) >= 11 is 0. The average Bonchev–Trinajstić information content (AvgIpc) is 2.78. The molecule has 5 heteroatoms. The Balaban J connectivity index is 1.83. The molecule has 1 aromatic heterocycles. The molecule has 0 aliphatic carbocycles. The Hall–Kier alpha value is -2.56. The van der Waals surface area contributed by atoms with Crippen molar-refractivity contribution >= 4 is 12.1 Å². The van der Waals surface area contributed by atoms with Crippen LogP contribution in [0.4, 0.5) is 0 Å². The Labute approximate surface area is 130 Å². The minimum atomic E-state index is -0.292. The molecule has 2 rings (SSSR count). The zero-order valence-corrected chi connectivity index (χ0v) is 13.4. The molecular formula is C17H21N3O2. The van der Waals surface area contributed by atoms with Crippen molar-refractivity contribution in [2.45, 2.75) is 27.7 Å². The van der Waals surface area contributed by atoms with Gasteiger partial charge in [-0.3, -0.25) is 4.79 Å². The van der Waals surface area contributed by atoms with Crippen molar-refractivity contribution in [2.24, 2.45) is 5.10 Å². The van der Waals surface area contributed by atoms with Crippen LogP contribution in [0.5, 0.6) is 5.75 Å². The number of carbonyl (C=O) groups is 1. The molecular weight excluding hydrogens is 278 g/mol. The van der Waals surface area contributed by atoms with Gasteiger partial charge >= 0.3 is 0 Å². The second-order valence-corrected chi connectivity index (χ2v) is 5.36. The SMILES string of the molecule is Cc1cc(/C=N/NC(=O)COc2ccc(C)c(C)c2)c(C)[nH]1. The molecule has 2 N–H and O–H groups in total. The maximum absolute atomic E-state index is 11.7. The van der Waals surface area contributed by atoms with Gasteiger partial charge in [0, 0.05) is 17.0 Å². The van der Waals surface area contributed by atoms with Crippen LogP contribution in [0.15, 0.2) is 29.4 Å². The van der Waals surface area contributed by atoms with Crippen molar-refractivity contribution in [3.05, 3.63) is 52.3 Å². The number of rotatable bonds is 5. The number of hydrogen-bond donors (Lipinski definition) is 2. The fourth-order valence-corrected chi connectivity index (χ4v) is 2.04. The van der Waals surface area contributed by atoms with Gasteiger partial charge in [-0.1, -0.05) is 6.07 Å². The molecule has 0 saturated heterocycles. The van der Waals surface area contributed by atoms with E-state index in [0.717, 1.165) is 22.5 Å². The van der Waals surface area contributed by atoms with Gasteiger partial charge in [0.05, 0.1) is 6.21 Å². The molecule has 5 nitrogen and oxygen atoms in total. The van der Waals surface area contributed by atoms with Gasteiger partial charge in [-0.25, -0.2) is 5.43 Å². The molecule has 0 atom stereocenters. The highest BCUT2D eigenvalue weighted by Gasteiger charge is 2.03. The highest BCUT2D eigenvalue weighted by atomic mass is 16.5. The molecule has 0 aliphatic rings. The summed E-state index contributed by atoms with van der Waals surface area (Å²) in [5.41, 5.74) is 7.81. The first-order valence-corrected chi connectivity index (χ1v) is 7.14. The van der Waals surface area contributed by atoms with Crippen molar-refractivity contribution in [3.63, 3.8) is 0 Å². The van der Waals surface area contributed by atoms with Crippen LogP contribution in [0.1, 0.15) is 28.1 Å². The molecule has 22 heavy (non-hydrogen) atoms. The van der Waals surface area contributed by atoms with Gasteiger partial charge in [-0.15, -0.1) is 0 Å². The third-order valence-electron chi connectivity index (χ3n) is 3.43. The van der Waals surface area contributed by atoms with Crippen molar-refractivity contribution in [1.82, 2.24) is 10.4 Å². The number of carbonyl (C=O) groups excluding carboxylic acids is 1. The number of hydrogen-bond acceptors (Lipinski definition) is 3. The lowest BCUT2D eigenvalue weighted by molar-refractivity contribution is -0.123. The lowest BCUT2D eigenvalue weighted by Crippen LogP contribution is -2.24. The van der Waals surface area contributed by atoms with E-state index < -0.39 is 0 Å². The van der Waals surface area contributed by atoms with E-state index >= 15 is 0 Å². The number of nitrogens with one attached hydrogen (secondary N) is 2. The quantitative estimate of drug-likeness (QED) is 0.658. The number of aromatic nitrogens is 1. The topological polar surface area (TPSA) is 66.5 Å². The third kappa shape index (κ3) is 4.22. The summed E-state index contributed by atoms with van der Waals surface area (Å²) in [6, 6.07) is 7.71. The summed E-state index contributed by atoms with van der Waals surface area (Å²) in [7, 11) is 0. The highest BCUT2D eigenvalue weighted by Crippen LogP contribution is 2.16. The number of amides is 1. The molecule has 0 fully saturated rings. The van der Waals surface area contributed by atoms with E-state index in [1.165, 1.54) is 5.56 Å². The molecule has 0 radical (unpaired) electrons. The molecule has 0 spiro atoms. The number of hydrazone groups is 1. The van der Waals surface area contributed by atoms with Crippen LogP contribution >= 0.6 is 0 Å². The van der Waals surface area contributed by atoms with Crippen LogP contribution in [0, 0.1) is 27.7 Å². The van der Waals surface area contributed by atoms with Crippen LogP contribution in [-0.4, -0.2) is 23.7 Å². The smallest absolute Gasteiger partial charge is 0.277 e. The van der Waals surface area contributed by atoms with E-state index in [-0.39, 0.29) is 12.5 Å². The molecule has 0 unspecified atom stereocenters. The largest absolute Gasteiger partial charge is 0.484 e. The summed E-state index contributed by atoms with van der Waals surface area (Å²) < 4.78 is 5.44. The zero-order valence-electron chi connectivity index (χ0n) is 13.4. The predicted octanol–water partition coefficient (Wildman–Crippen LogP) is 2.78. The van der Waals surface area contributed by atoms with E-state index in [0.29, 0.717) is 5.75 Å². The molecule has 1 aromatic carbocycles. The van der Waals surface area contributed by atoms with E-state index in [9.17, 15) is 4.79 Å². The first kappa shape index (κ1) is 15.8. The second-order valence-electron chi connectivity index (χ2n) is 5.36. The Kier molecular flexibility index (Phi) is 4.99. The van der Waals surface area contributed by atoms with Crippen LogP contribution in [-0.2, 0) is 4.79 Å². The van der Waals surface area contributed by atoms with E-state index in [1.54, 1.807) is 6.21 Å². The highest BCUT2D eigenvalue weighted by molar-refractivity contribution is 5.84. The lowest BCUT2D eigenvalue weighted by Gasteiger charge is -2.07. The second kappa shape index (κ2) is 6.93. The maximum Gasteiger partial charge on any atom is 0.277 e. The molecule has 0 aliphatic heterocycles. The van der Waals surface area contributed by atoms with E-state index in [4.69, 9.17) is 4.74 Å². The predicted molar refractivity (Wildman–Crippen MR) is 87.4 cm³/mol. The van der Waals surface area contributed by atoms with Gasteiger partial charge < -0.3 is 9.72 Å². The molecule has 116 valence electrons. The minimum absolute atomic E-state index is 0.0645. The van der Waals surface area contributed by atoms with Crippen molar-refractivity contribution in [2.75, 3.05) is 6.61 Å². The zero-order chi connectivity index (χ0) is 16.1. The van der Waals surface area contributed by atoms with Crippen molar-refractivity contribution < 1.29 is 9.53 Å². The average molecular weight is 299 g/mol. The Morgan fingerprint density at radius 3 is 2.64 bits per heavy atom. The Morgan fingerprint density at radius 2 is 2.00 bits per heavy atom. The minimum Gasteiger partial charge on any atom is -0.484 e. The first-order valence-electron chi connectivity index (χ1n) is 7.14. The van der Waals surface area contributed by atoms with Gasteiger partial charge in [0.2, 0.25) is 0 Å². The Bertz CT molecular complexity index is 702. The summed E-state index contributed by atoms with van der Waals surface area (Å²) in [6.45, 7) is 7.91. The number of ether oxygens (including phenoxy) is 1. The lowest BCUT2D eigenvalue weighted by atomic mass is 10.1. The van der Waals surface area contributed by atoms with Gasteiger partial charge in [-0.2, -0.15) is 5.10 Å². The van der Waals surface area contributed by atoms with Crippen LogP contribution < -0.4 is 10.2 Å². The molecule has 0 saturated carbocycles. The third-order valence-corrected chi connectivity index (χ3v) is 3.43. The number of nitrogens with zero attached hydrogens (tertiary/aromatic N) is 1. The fourth-order valence-electron chi connectivity index (χ4n) is 2.04. The summed E-state index contributed by atoms with van der Waals surface area (Å²) in [4.78, 5) is 14.9. The Morgan fingerprint density at radius 1 is 1.23 bits per heavy atom. The number of H-pyrrole nitrogens is 1. The van der Waals surface area contributed by atoms with Gasteiger partial charge in [-0.05, 0) is 57.0 Å². The first-order chi connectivity index (χ1) is 10.5. The monoisotopic (exact) mass is 299 g/mol. The maximum atomic E-state index is 11.7. The van der Waals surface area contributed by atoms with Crippen molar-refractivity contribution in [1.29, 1.82) is 0 Å². The summed E-state index contributed by atoms with van der Waals surface area (Å²) in [5, 5.41) is 3.94. The standard InChI is InChI=1S/C17H21N3O2/c1-11-5-6-16(7-12(11)2)22-10-17(21)20-18-9-15-8-13(3)19-14(15)4/h5-9,19H,10H2,1-4H3,(H,20,21)/b18-9+. The van der Waals surface area contributed by atoms with Gasteiger partial charge in [0.1, 0.15) is 5.75 Å². The van der Waals surface area contributed by atoms with Crippen LogP contribution in [0.25, 0.3) is 0 Å². The van der Waals surface area contributed by atoms with Gasteiger partial charge in [0.15, 0.2) is 6.61 Å².